The second kappa shape index (κ2) is 13.0. The highest BCUT2D eigenvalue weighted by molar-refractivity contribution is 6.36. The number of benzene rings is 3. The van der Waals surface area contributed by atoms with Gasteiger partial charge in [0.05, 0.1) is 13.3 Å². The molecule has 186 valence electrons. The van der Waals surface area contributed by atoms with E-state index < -0.39 is 11.6 Å². The van der Waals surface area contributed by atoms with Crippen LogP contribution in [0.3, 0.4) is 0 Å². The van der Waals surface area contributed by atoms with Crippen molar-refractivity contribution in [2.45, 2.75) is 24.8 Å². The summed E-state index contributed by atoms with van der Waals surface area (Å²) in [6.45, 7) is 1.39. The van der Waals surface area contributed by atoms with E-state index in [2.05, 4.69) is 4.90 Å². The van der Waals surface area contributed by atoms with Crippen LogP contribution in [0, 0.1) is 0 Å². The van der Waals surface area contributed by atoms with Gasteiger partial charge < -0.3 is 14.5 Å². The summed E-state index contributed by atoms with van der Waals surface area (Å²) in [5.41, 5.74) is 2.07. The van der Waals surface area contributed by atoms with E-state index in [1.165, 1.54) is 0 Å². The minimum Gasteiger partial charge on any atom is -0.365 e. The van der Waals surface area contributed by atoms with Gasteiger partial charge in [-0.3, -0.25) is 0 Å². The summed E-state index contributed by atoms with van der Waals surface area (Å²) in [7, 11) is 0. The van der Waals surface area contributed by atoms with Gasteiger partial charge >= 0.3 is 0 Å². The fourth-order valence-electron chi connectivity index (χ4n) is 3.62. The van der Waals surface area contributed by atoms with Crippen molar-refractivity contribution in [3.8, 4) is 0 Å². The molecule has 0 saturated heterocycles. The van der Waals surface area contributed by atoms with Crippen molar-refractivity contribution >= 4 is 82.0 Å². The number of nitrogens with zero attached hydrogens (tertiary/aromatic N) is 2. The van der Waals surface area contributed by atoms with Crippen LogP contribution in [0.1, 0.15) is 22.8 Å². The molecule has 2 unspecified atom stereocenters. The molecule has 3 nitrogen and oxygen atoms in total. The summed E-state index contributed by atoms with van der Waals surface area (Å²) in [6, 6.07) is 18.3. The van der Waals surface area contributed by atoms with Crippen LogP contribution in [-0.2, 0) is 17.9 Å². The molecule has 0 saturated carbocycles. The zero-order valence-electron chi connectivity index (χ0n) is 18.2. The quantitative estimate of drug-likeness (QED) is 0.186. The number of halogens is 7. The van der Waals surface area contributed by atoms with Gasteiger partial charge in [0.25, 0.3) is 0 Å². The Morgan fingerprint density at radius 3 is 2.11 bits per heavy atom. The maximum absolute atomic E-state index is 6.97. The molecule has 1 aliphatic rings. The Morgan fingerprint density at radius 2 is 1.46 bits per heavy atom. The average molecular weight is 614 g/mol. The normalized spacial score (nSPS) is 14.7. The Labute approximate surface area is 241 Å². The highest BCUT2D eigenvalue weighted by Crippen LogP contribution is 2.34. The van der Waals surface area contributed by atoms with Crippen LogP contribution in [0.25, 0.3) is 0 Å². The summed E-state index contributed by atoms with van der Waals surface area (Å²) in [5, 5.41) is 2.95. The molecule has 0 amide bonds. The molecule has 4 rings (SSSR count). The van der Waals surface area contributed by atoms with E-state index in [9.17, 15) is 0 Å². The lowest BCUT2D eigenvalue weighted by molar-refractivity contribution is 0.00661. The van der Waals surface area contributed by atoms with Crippen molar-refractivity contribution in [2.24, 2.45) is 0 Å². The van der Waals surface area contributed by atoms with Crippen molar-refractivity contribution in [1.29, 1.82) is 0 Å². The minimum atomic E-state index is -0.510. The van der Waals surface area contributed by atoms with Crippen molar-refractivity contribution in [1.82, 2.24) is 9.80 Å². The number of hydrogen-bond donors (Lipinski definition) is 0. The molecule has 0 aromatic heterocycles. The van der Waals surface area contributed by atoms with E-state index in [-0.39, 0.29) is 19.0 Å². The summed E-state index contributed by atoms with van der Waals surface area (Å²) < 4.78 is 6.30. The van der Waals surface area contributed by atoms with E-state index in [1.54, 1.807) is 24.3 Å². The molecule has 0 radical (unpaired) electrons. The molecule has 1 aliphatic heterocycles. The molecule has 2 atom stereocenters. The fraction of sp³-hybridized carbons (Fsp3) is 0.200. The average Bonchev–Trinajstić information content (AvgIpc) is 3.27. The number of hydrogen-bond acceptors (Lipinski definition) is 3. The van der Waals surface area contributed by atoms with Gasteiger partial charge in [-0.05, 0) is 47.5 Å². The summed E-state index contributed by atoms with van der Waals surface area (Å²) >= 11 is 38.1. The molecule has 3 aromatic carbocycles. The van der Waals surface area contributed by atoms with Gasteiger partial charge in [0.1, 0.15) is 11.6 Å². The van der Waals surface area contributed by atoms with Crippen LogP contribution in [0.15, 0.2) is 73.1 Å². The fourth-order valence-corrected chi connectivity index (χ4v) is 5.07. The molecule has 0 spiro atoms. The second-order valence-electron chi connectivity index (χ2n) is 7.79. The molecule has 10 heteroatoms. The first-order chi connectivity index (χ1) is 16.3. The number of alkyl halides is 1. The minimum absolute atomic E-state index is 0. The van der Waals surface area contributed by atoms with E-state index >= 15 is 0 Å². The molecule has 35 heavy (non-hydrogen) atoms. The predicted octanol–water partition coefficient (Wildman–Crippen LogP) is 9.44. The van der Waals surface area contributed by atoms with Gasteiger partial charge in [0, 0.05) is 49.6 Å². The first-order valence-electron chi connectivity index (χ1n) is 10.4. The van der Waals surface area contributed by atoms with Crippen molar-refractivity contribution in [3.05, 3.63) is 115 Å². The third-order valence-corrected chi connectivity index (χ3v) is 7.46. The van der Waals surface area contributed by atoms with E-state index in [0.29, 0.717) is 43.9 Å². The van der Waals surface area contributed by atoms with Gasteiger partial charge in [-0.15, -0.1) is 12.4 Å². The SMILES string of the molecule is Cl.Clc1ccc(C(OCc2c(Cl)cccc2Cl)C(Cl)N2C=CN(Cc3ccc(Cl)cc3Cl)C2)cc1. The van der Waals surface area contributed by atoms with Gasteiger partial charge in [-0.2, -0.15) is 0 Å². The van der Waals surface area contributed by atoms with E-state index in [0.717, 1.165) is 11.1 Å². The van der Waals surface area contributed by atoms with Crippen LogP contribution < -0.4 is 0 Å². The van der Waals surface area contributed by atoms with Gasteiger partial charge in [-0.25, -0.2) is 0 Å². The largest absolute Gasteiger partial charge is 0.365 e. The van der Waals surface area contributed by atoms with E-state index in [4.69, 9.17) is 74.3 Å². The first-order valence-corrected chi connectivity index (χ1v) is 12.7. The Hall–Kier alpha value is -1.01. The summed E-state index contributed by atoms with van der Waals surface area (Å²) in [4.78, 5) is 4.10. The molecule has 0 N–H and O–H groups in total. The number of rotatable bonds is 8. The van der Waals surface area contributed by atoms with Crippen LogP contribution in [0.5, 0.6) is 0 Å². The topological polar surface area (TPSA) is 15.7 Å². The Morgan fingerprint density at radius 1 is 0.800 bits per heavy atom. The van der Waals surface area contributed by atoms with Gasteiger partial charge in [0.15, 0.2) is 0 Å². The summed E-state index contributed by atoms with van der Waals surface area (Å²) in [5.74, 6) is 0. The standard InChI is InChI=1S/C25H20Cl6N2O.ClH/c26-18-7-4-16(5-8-18)24(34-14-20-21(28)2-1-3-22(20)29)25(31)33-11-10-32(15-33)13-17-6-9-19(27)12-23(17)30;/h1-12,24-25H,13-15H2;1H. The first kappa shape index (κ1) is 28.6. The van der Waals surface area contributed by atoms with Crippen molar-refractivity contribution in [3.63, 3.8) is 0 Å². The van der Waals surface area contributed by atoms with E-state index in [1.807, 2.05) is 53.7 Å². The molecule has 3 aromatic rings. The van der Waals surface area contributed by atoms with Crippen LogP contribution in [0.2, 0.25) is 25.1 Å². The Balaban J connectivity index is 0.00000342. The zero-order chi connectivity index (χ0) is 24.2. The molecule has 0 aliphatic carbocycles. The smallest absolute Gasteiger partial charge is 0.135 e. The van der Waals surface area contributed by atoms with Gasteiger partial charge in [-0.1, -0.05) is 93.9 Å². The summed E-state index contributed by atoms with van der Waals surface area (Å²) in [6.07, 6.45) is 3.44. The highest BCUT2D eigenvalue weighted by atomic mass is 35.5. The lowest BCUT2D eigenvalue weighted by atomic mass is 10.1. The highest BCUT2D eigenvalue weighted by Gasteiger charge is 2.30. The molecular formula is C25H21Cl7N2O. The lowest BCUT2D eigenvalue weighted by Crippen LogP contribution is -2.35. The predicted molar refractivity (Wildman–Crippen MR) is 150 cm³/mol. The monoisotopic (exact) mass is 610 g/mol. The second-order valence-corrected chi connectivity index (χ2v) is 10.3. The van der Waals surface area contributed by atoms with Crippen LogP contribution in [0.4, 0.5) is 0 Å². The third kappa shape index (κ3) is 7.28. The number of ether oxygens (including phenoxy) is 1. The van der Waals surface area contributed by atoms with Crippen LogP contribution >= 0.6 is 82.0 Å². The maximum Gasteiger partial charge on any atom is 0.135 e. The maximum atomic E-state index is 6.97. The zero-order valence-corrected chi connectivity index (χ0v) is 23.5. The molecule has 1 heterocycles. The lowest BCUT2D eigenvalue weighted by Gasteiger charge is -2.32. The van der Waals surface area contributed by atoms with Crippen molar-refractivity contribution in [2.75, 3.05) is 6.67 Å². The molecule has 0 fully saturated rings. The van der Waals surface area contributed by atoms with Crippen LogP contribution in [-0.4, -0.2) is 22.0 Å². The Bertz CT molecular complexity index is 1150. The third-order valence-electron chi connectivity index (χ3n) is 5.44. The Kier molecular flexibility index (Phi) is 10.6. The van der Waals surface area contributed by atoms with Gasteiger partial charge in [0.2, 0.25) is 0 Å². The molecular weight excluding hydrogens is 592 g/mol. The molecule has 0 bridgehead atoms. The van der Waals surface area contributed by atoms with Crippen molar-refractivity contribution < 1.29 is 4.74 Å².